The Kier molecular flexibility index (Phi) is 5.33. The summed E-state index contributed by atoms with van der Waals surface area (Å²) in [7, 11) is 0. The summed E-state index contributed by atoms with van der Waals surface area (Å²) < 4.78 is 55.6. The highest BCUT2D eigenvalue weighted by Gasteiger charge is 2.48. The predicted octanol–water partition coefficient (Wildman–Crippen LogP) is 2.57. The number of fused-ring (bicyclic) bond motifs is 1. The Hall–Kier alpha value is -2.43. The third-order valence-electron chi connectivity index (χ3n) is 5.54. The molecule has 162 valence electrons. The number of halogens is 5. The van der Waals surface area contributed by atoms with Crippen molar-refractivity contribution in [3.8, 4) is 0 Å². The molecule has 30 heavy (non-hydrogen) atoms. The number of hydrogen-bond donors (Lipinski definition) is 0. The van der Waals surface area contributed by atoms with E-state index in [4.69, 9.17) is 11.6 Å². The number of carbonyl (C=O) groups is 1. The van der Waals surface area contributed by atoms with Crippen molar-refractivity contribution >= 4 is 17.5 Å². The summed E-state index contributed by atoms with van der Waals surface area (Å²) in [5, 5.41) is 4.00. The summed E-state index contributed by atoms with van der Waals surface area (Å²) >= 11 is 5.94. The lowest BCUT2D eigenvalue weighted by atomic mass is 9.91. The number of likely N-dealkylation sites (tertiary alicyclic amines) is 1. The van der Waals surface area contributed by atoms with Crippen molar-refractivity contribution < 1.29 is 22.4 Å². The summed E-state index contributed by atoms with van der Waals surface area (Å²) in [6.07, 6.45) is -3.06. The van der Waals surface area contributed by atoms with Crippen molar-refractivity contribution in [3.05, 3.63) is 45.1 Å². The standard InChI is InChI=1S/C18H18ClF4N5O2/c19-12-7-11(20)8-24-13(12)9-27-17(30)28-14(16(29)26-3-1-2-4-26)5-10(18(21,22)23)6-15(28)25-27/h7-8,10,14H,1-6,9H2. The predicted molar refractivity (Wildman–Crippen MR) is 97.5 cm³/mol. The molecule has 2 unspecified atom stereocenters. The van der Waals surface area contributed by atoms with E-state index in [1.165, 1.54) is 4.90 Å². The van der Waals surface area contributed by atoms with E-state index in [-0.39, 0.29) is 23.1 Å². The van der Waals surface area contributed by atoms with Gasteiger partial charge in [-0.1, -0.05) is 11.6 Å². The first kappa shape index (κ1) is 20.8. The van der Waals surface area contributed by atoms with Crippen LogP contribution in [0.15, 0.2) is 17.1 Å². The third-order valence-corrected chi connectivity index (χ3v) is 5.87. The molecule has 2 aromatic rings. The second-order valence-corrected chi connectivity index (χ2v) is 7.94. The minimum Gasteiger partial charge on any atom is -0.341 e. The van der Waals surface area contributed by atoms with E-state index in [1.807, 2.05) is 0 Å². The lowest BCUT2D eigenvalue weighted by molar-refractivity contribution is -0.183. The quantitative estimate of drug-likeness (QED) is 0.678. The van der Waals surface area contributed by atoms with Gasteiger partial charge in [-0.2, -0.15) is 18.3 Å². The molecular formula is C18H18ClF4N5O2. The van der Waals surface area contributed by atoms with Crippen LogP contribution in [0.4, 0.5) is 17.6 Å². The van der Waals surface area contributed by atoms with Gasteiger partial charge in [0.25, 0.3) is 0 Å². The highest BCUT2D eigenvalue weighted by Crippen LogP contribution is 2.39. The van der Waals surface area contributed by atoms with Crippen LogP contribution in [-0.4, -0.2) is 49.4 Å². The van der Waals surface area contributed by atoms with Crippen LogP contribution in [0.2, 0.25) is 5.02 Å². The zero-order valence-corrected chi connectivity index (χ0v) is 16.5. The zero-order chi connectivity index (χ0) is 21.6. The first-order chi connectivity index (χ1) is 14.1. The molecule has 0 saturated carbocycles. The van der Waals surface area contributed by atoms with Crippen molar-refractivity contribution in [2.45, 2.75) is 44.4 Å². The van der Waals surface area contributed by atoms with Gasteiger partial charge in [0.15, 0.2) is 0 Å². The van der Waals surface area contributed by atoms with Crippen LogP contribution < -0.4 is 5.69 Å². The Morgan fingerprint density at radius 3 is 2.60 bits per heavy atom. The normalized spacial score (nSPS) is 21.7. The highest BCUT2D eigenvalue weighted by atomic mass is 35.5. The van der Waals surface area contributed by atoms with Gasteiger partial charge in [-0.05, 0) is 25.3 Å². The topological polar surface area (TPSA) is 73.0 Å². The Morgan fingerprint density at radius 1 is 1.27 bits per heavy atom. The molecule has 4 rings (SSSR count). The summed E-state index contributed by atoms with van der Waals surface area (Å²) in [5.74, 6) is -3.04. The second-order valence-electron chi connectivity index (χ2n) is 7.54. The van der Waals surface area contributed by atoms with Gasteiger partial charge in [0.05, 0.1) is 29.4 Å². The molecule has 0 spiro atoms. The van der Waals surface area contributed by atoms with Gasteiger partial charge < -0.3 is 4.90 Å². The van der Waals surface area contributed by atoms with Gasteiger partial charge in [0, 0.05) is 19.5 Å². The molecule has 4 heterocycles. The van der Waals surface area contributed by atoms with Gasteiger partial charge in [-0.25, -0.2) is 13.9 Å². The number of amides is 1. The molecule has 2 atom stereocenters. The summed E-state index contributed by atoms with van der Waals surface area (Å²) in [6, 6.07) is -0.249. The third kappa shape index (κ3) is 3.82. The van der Waals surface area contributed by atoms with Crippen LogP contribution in [0.1, 0.15) is 36.8 Å². The van der Waals surface area contributed by atoms with Crippen LogP contribution in [0.25, 0.3) is 0 Å². The number of hydrogen-bond acceptors (Lipinski definition) is 4. The fourth-order valence-electron chi connectivity index (χ4n) is 4.01. The number of pyridine rings is 1. The van der Waals surface area contributed by atoms with Gasteiger partial charge in [-0.3, -0.25) is 14.3 Å². The number of aromatic nitrogens is 4. The Morgan fingerprint density at radius 2 is 1.97 bits per heavy atom. The van der Waals surface area contributed by atoms with Crippen LogP contribution in [0.3, 0.4) is 0 Å². The molecule has 12 heteroatoms. The molecule has 0 N–H and O–H groups in total. The minimum absolute atomic E-state index is 0.0364. The average molecular weight is 448 g/mol. The van der Waals surface area contributed by atoms with Crippen molar-refractivity contribution in [1.82, 2.24) is 24.2 Å². The molecule has 2 aliphatic heterocycles. The van der Waals surface area contributed by atoms with Gasteiger partial charge in [0.1, 0.15) is 17.7 Å². The molecule has 1 amide bonds. The number of nitrogens with zero attached hydrogens (tertiary/aromatic N) is 5. The maximum atomic E-state index is 13.5. The lowest BCUT2D eigenvalue weighted by Gasteiger charge is -2.32. The second kappa shape index (κ2) is 7.68. The maximum Gasteiger partial charge on any atom is 0.392 e. The summed E-state index contributed by atoms with van der Waals surface area (Å²) in [4.78, 5) is 31.2. The first-order valence-electron chi connectivity index (χ1n) is 9.49. The summed E-state index contributed by atoms with van der Waals surface area (Å²) in [6.45, 7) is 0.665. The largest absolute Gasteiger partial charge is 0.392 e. The molecular weight excluding hydrogens is 430 g/mol. The maximum absolute atomic E-state index is 13.5. The van der Waals surface area contributed by atoms with Crippen LogP contribution in [0.5, 0.6) is 0 Å². The highest BCUT2D eigenvalue weighted by molar-refractivity contribution is 6.31. The summed E-state index contributed by atoms with van der Waals surface area (Å²) in [5.41, 5.74) is -0.573. The van der Waals surface area contributed by atoms with E-state index < -0.39 is 48.4 Å². The van der Waals surface area contributed by atoms with E-state index in [1.54, 1.807) is 0 Å². The minimum atomic E-state index is -4.52. The van der Waals surface area contributed by atoms with Crippen molar-refractivity contribution in [1.29, 1.82) is 0 Å². The Balaban J connectivity index is 1.72. The fourth-order valence-corrected chi connectivity index (χ4v) is 4.22. The van der Waals surface area contributed by atoms with Crippen LogP contribution in [-0.2, 0) is 17.8 Å². The molecule has 7 nitrogen and oxygen atoms in total. The first-order valence-corrected chi connectivity index (χ1v) is 9.86. The molecule has 0 radical (unpaired) electrons. The smallest absolute Gasteiger partial charge is 0.341 e. The van der Waals surface area contributed by atoms with Crippen molar-refractivity contribution in [3.63, 3.8) is 0 Å². The molecule has 1 saturated heterocycles. The fraction of sp³-hybridized carbons (Fsp3) is 0.556. The number of alkyl halides is 3. The van der Waals surface area contributed by atoms with Gasteiger partial charge in [0.2, 0.25) is 5.91 Å². The van der Waals surface area contributed by atoms with E-state index in [0.717, 1.165) is 34.4 Å². The van der Waals surface area contributed by atoms with E-state index in [9.17, 15) is 27.2 Å². The Bertz CT molecular complexity index is 1030. The van der Waals surface area contributed by atoms with Crippen LogP contribution in [0, 0.1) is 11.7 Å². The van der Waals surface area contributed by atoms with E-state index in [2.05, 4.69) is 10.1 Å². The van der Waals surface area contributed by atoms with Gasteiger partial charge in [-0.15, -0.1) is 0 Å². The van der Waals surface area contributed by atoms with Gasteiger partial charge >= 0.3 is 11.9 Å². The molecule has 0 bridgehead atoms. The number of rotatable bonds is 3. The van der Waals surface area contributed by atoms with Crippen molar-refractivity contribution in [2.24, 2.45) is 5.92 Å². The number of carbonyl (C=O) groups excluding carboxylic acids is 1. The monoisotopic (exact) mass is 447 g/mol. The van der Waals surface area contributed by atoms with E-state index in [0.29, 0.717) is 13.1 Å². The van der Waals surface area contributed by atoms with Crippen molar-refractivity contribution in [2.75, 3.05) is 13.1 Å². The SMILES string of the molecule is O=C(C1CC(C(F)(F)F)Cc2nn(Cc3ncc(F)cc3Cl)c(=O)n21)N1CCCC1. The lowest BCUT2D eigenvalue weighted by Crippen LogP contribution is -2.45. The Labute approximate surface area is 173 Å². The molecule has 2 aliphatic rings. The molecule has 0 aromatic carbocycles. The zero-order valence-electron chi connectivity index (χ0n) is 15.7. The molecule has 2 aromatic heterocycles. The van der Waals surface area contributed by atoms with E-state index >= 15 is 0 Å². The van der Waals surface area contributed by atoms with Crippen LogP contribution >= 0.6 is 11.6 Å². The average Bonchev–Trinajstić information content (AvgIpc) is 3.31. The molecule has 0 aliphatic carbocycles. The molecule has 1 fully saturated rings.